The number of benzene rings is 1. The number of nitro benzene ring substituents is 1. The Balaban J connectivity index is 2.21. The fourth-order valence-electron chi connectivity index (χ4n) is 1.75. The van der Waals surface area contributed by atoms with Crippen LogP contribution in [0, 0.1) is 24.0 Å². The fourth-order valence-corrected chi connectivity index (χ4v) is 2.54. The molecule has 0 spiro atoms. The van der Waals surface area contributed by atoms with Crippen LogP contribution in [0.5, 0.6) is 0 Å². The molecule has 0 fully saturated rings. The molecule has 5 heteroatoms. The second kappa shape index (κ2) is 5.79. The molecule has 2 rings (SSSR count). The molecule has 0 radical (unpaired) electrons. The van der Waals surface area contributed by atoms with Crippen LogP contribution in [0.25, 0.3) is 6.08 Å². The molecule has 20 heavy (non-hydrogen) atoms. The van der Waals surface area contributed by atoms with Crippen molar-refractivity contribution in [3.05, 3.63) is 67.4 Å². The van der Waals surface area contributed by atoms with Gasteiger partial charge in [0.1, 0.15) is 0 Å². The summed E-state index contributed by atoms with van der Waals surface area (Å²) in [6.45, 7) is 3.62. The van der Waals surface area contributed by atoms with Crippen molar-refractivity contribution >= 4 is 28.9 Å². The number of allylic oxidation sites excluding steroid dienone is 1. The van der Waals surface area contributed by atoms with Crippen molar-refractivity contribution in [1.29, 1.82) is 0 Å². The summed E-state index contributed by atoms with van der Waals surface area (Å²) < 4.78 is 0. The van der Waals surface area contributed by atoms with Gasteiger partial charge in [0.25, 0.3) is 5.69 Å². The lowest BCUT2D eigenvalue weighted by molar-refractivity contribution is -0.385. The Morgan fingerprint density at radius 2 is 2.00 bits per heavy atom. The lowest BCUT2D eigenvalue weighted by Crippen LogP contribution is -1.92. The van der Waals surface area contributed by atoms with E-state index in [-0.39, 0.29) is 11.5 Å². The Kier molecular flexibility index (Phi) is 4.10. The summed E-state index contributed by atoms with van der Waals surface area (Å²) in [5.74, 6) is -0.0914. The summed E-state index contributed by atoms with van der Waals surface area (Å²) in [6, 6.07) is 8.58. The average Bonchev–Trinajstić information content (AvgIpc) is 2.84. The molecule has 1 aromatic heterocycles. The van der Waals surface area contributed by atoms with Crippen LogP contribution in [0.2, 0.25) is 0 Å². The lowest BCUT2D eigenvalue weighted by Gasteiger charge is -1.98. The van der Waals surface area contributed by atoms with Crippen LogP contribution in [-0.4, -0.2) is 10.7 Å². The highest BCUT2D eigenvalue weighted by Gasteiger charge is 2.10. The molecule has 4 nitrogen and oxygen atoms in total. The summed E-state index contributed by atoms with van der Waals surface area (Å²) in [6.07, 6.45) is 3.05. The Morgan fingerprint density at radius 1 is 1.25 bits per heavy atom. The topological polar surface area (TPSA) is 60.2 Å². The van der Waals surface area contributed by atoms with Crippen LogP contribution in [-0.2, 0) is 0 Å². The fraction of sp³-hybridized carbons (Fsp3) is 0.133. The predicted molar refractivity (Wildman–Crippen MR) is 80.3 cm³/mol. The summed E-state index contributed by atoms with van der Waals surface area (Å²) in [5.41, 5.74) is 1.31. The third-order valence-corrected chi connectivity index (χ3v) is 3.86. The number of aryl methyl sites for hydroxylation is 2. The van der Waals surface area contributed by atoms with E-state index in [4.69, 9.17) is 0 Å². The zero-order chi connectivity index (χ0) is 14.7. The third-order valence-electron chi connectivity index (χ3n) is 2.84. The van der Waals surface area contributed by atoms with Gasteiger partial charge in [-0.1, -0.05) is 18.2 Å². The zero-order valence-electron chi connectivity index (χ0n) is 11.1. The Hall–Kier alpha value is -2.27. The largest absolute Gasteiger partial charge is 0.288 e. The second-order valence-corrected chi connectivity index (χ2v) is 5.70. The second-order valence-electron chi connectivity index (χ2n) is 4.41. The lowest BCUT2D eigenvalue weighted by atomic mass is 10.1. The number of carbonyl (C=O) groups is 1. The van der Waals surface area contributed by atoms with E-state index in [1.54, 1.807) is 31.2 Å². The van der Waals surface area contributed by atoms with Gasteiger partial charge in [0.2, 0.25) is 0 Å². The van der Waals surface area contributed by atoms with E-state index in [1.165, 1.54) is 23.5 Å². The first-order chi connectivity index (χ1) is 9.47. The van der Waals surface area contributed by atoms with Crippen molar-refractivity contribution in [2.75, 3.05) is 0 Å². The van der Waals surface area contributed by atoms with Crippen molar-refractivity contribution < 1.29 is 9.72 Å². The molecule has 1 heterocycles. The summed E-state index contributed by atoms with van der Waals surface area (Å²) in [5, 5.41) is 10.9. The molecule has 0 saturated carbocycles. The van der Waals surface area contributed by atoms with Gasteiger partial charge in [-0.3, -0.25) is 14.9 Å². The molecule has 102 valence electrons. The van der Waals surface area contributed by atoms with Crippen LogP contribution in [0.15, 0.2) is 36.4 Å². The standard InChI is InChI=1S/C15H13NO3S/c1-10-3-5-12(9-13(10)16(18)19)6-7-14(17)15-8-4-11(2)20-15/h3-9H,1-2H3/b7-6+. The van der Waals surface area contributed by atoms with Crippen LogP contribution in [0.3, 0.4) is 0 Å². The highest BCUT2D eigenvalue weighted by molar-refractivity contribution is 7.14. The summed E-state index contributed by atoms with van der Waals surface area (Å²) >= 11 is 1.43. The van der Waals surface area contributed by atoms with Gasteiger partial charge in [-0.25, -0.2) is 0 Å². The molecule has 2 aromatic rings. The molecule has 0 bridgehead atoms. The first kappa shape index (κ1) is 14.1. The number of nitrogens with zero attached hydrogens (tertiary/aromatic N) is 1. The quantitative estimate of drug-likeness (QED) is 0.367. The van der Waals surface area contributed by atoms with Crippen molar-refractivity contribution in [1.82, 2.24) is 0 Å². The van der Waals surface area contributed by atoms with Crippen LogP contribution >= 0.6 is 11.3 Å². The van der Waals surface area contributed by atoms with Crippen molar-refractivity contribution in [3.8, 4) is 0 Å². The van der Waals surface area contributed by atoms with Crippen LogP contribution in [0.4, 0.5) is 5.69 Å². The number of hydrogen-bond acceptors (Lipinski definition) is 4. The average molecular weight is 287 g/mol. The van der Waals surface area contributed by atoms with E-state index in [9.17, 15) is 14.9 Å². The van der Waals surface area contributed by atoms with Crippen molar-refractivity contribution in [3.63, 3.8) is 0 Å². The Bertz CT molecular complexity index is 701. The molecule has 0 aliphatic carbocycles. The molecular formula is C15H13NO3S. The number of nitro groups is 1. The normalized spacial score (nSPS) is 10.9. The van der Waals surface area contributed by atoms with Gasteiger partial charge in [-0.2, -0.15) is 0 Å². The van der Waals surface area contributed by atoms with Gasteiger partial charge in [-0.15, -0.1) is 11.3 Å². The van der Waals surface area contributed by atoms with Crippen molar-refractivity contribution in [2.45, 2.75) is 13.8 Å². The number of hydrogen-bond donors (Lipinski definition) is 0. The Labute approximate surface area is 120 Å². The van der Waals surface area contributed by atoms with E-state index in [2.05, 4.69) is 0 Å². The highest BCUT2D eigenvalue weighted by atomic mass is 32.1. The highest BCUT2D eigenvalue weighted by Crippen LogP contribution is 2.21. The smallest absolute Gasteiger partial charge is 0.272 e. The monoisotopic (exact) mass is 287 g/mol. The van der Waals surface area contributed by atoms with Gasteiger partial charge in [0.05, 0.1) is 9.80 Å². The van der Waals surface area contributed by atoms with Crippen LogP contribution < -0.4 is 0 Å². The first-order valence-electron chi connectivity index (χ1n) is 6.01. The minimum atomic E-state index is -0.420. The number of ketones is 1. The molecule has 0 atom stereocenters. The maximum absolute atomic E-state index is 11.9. The van der Waals surface area contributed by atoms with Crippen molar-refractivity contribution in [2.24, 2.45) is 0 Å². The summed E-state index contributed by atoms with van der Waals surface area (Å²) in [4.78, 5) is 24.1. The minimum Gasteiger partial charge on any atom is -0.288 e. The molecule has 0 saturated heterocycles. The van der Waals surface area contributed by atoms with Gasteiger partial charge in [0, 0.05) is 16.5 Å². The molecule has 0 aliphatic heterocycles. The SMILES string of the molecule is Cc1ccc(C(=O)/C=C/c2ccc(C)c([N+](=O)[O-])c2)s1. The minimum absolute atomic E-state index is 0.0616. The zero-order valence-corrected chi connectivity index (χ0v) is 11.9. The number of thiophene rings is 1. The summed E-state index contributed by atoms with van der Waals surface area (Å²) in [7, 11) is 0. The van der Waals surface area contributed by atoms with E-state index >= 15 is 0 Å². The van der Waals surface area contributed by atoms with E-state index in [0.29, 0.717) is 16.0 Å². The maximum Gasteiger partial charge on any atom is 0.272 e. The Morgan fingerprint density at radius 3 is 2.60 bits per heavy atom. The molecular weight excluding hydrogens is 274 g/mol. The first-order valence-corrected chi connectivity index (χ1v) is 6.83. The van der Waals surface area contributed by atoms with E-state index < -0.39 is 4.92 Å². The molecule has 0 unspecified atom stereocenters. The molecule has 1 aromatic carbocycles. The molecule has 0 aliphatic rings. The van der Waals surface area contributed by atoms with E-state index in [1.807, 2.05) is 13.0 Å². The van der Waals surface area contributed by atoms with E-state index in [0.717, 1.165) is 4.88 Å². The molecule has 0 N–H and O–H groups in total. The predicted octanol–water partition coefficient (Wildman–Crippen LogP) is 4.17. The van der Waals surface area contributed by atoms with Crippen LogP contribution in [0.1, 0.15) is 25.7 Å². The van der Waals surface area contributed by atoms with Gasteiger partial charge in [-0.05, 0) is 37.6 Å². The number of rotatable bonds is 4. The van der Waals surface area contributed by atoms with Gasteiger partial charge >= 0.3 is 0 Å². The number of carbonyl (C=O) groups excluding carboxylic acids is 1. The third kappa shape index (κ3) is 3.19. The van der Waals surface area contributed by atoms with Gasteiger partial charge in [0.15, 0.2) is 5.78 Å². The van der Waals surface area contributed by atoms with Gasteiger partial charge < -0.3 is 0 Å². The molecule has 0 amide bonds. The maximum atomic E-state index is 11.9.